The van der Waals surface area contributed by atoms with Gasteiger partial charge in [-0.15, -0.1) is 0 Å². The van der Waals surface area contributed by atoms with Crippen LogP contribution in [0.3, 0.4) is 0 Å². The Balaban J connectivity index is 2.00. The van der Waals surface area contributed by atoms with Gasteiger partial charge in [-0.05, 0) is 36.8 Å². The van der Waals surface area contributed by atoms with Gasteiger partial charge in [0.2, 0.25) is 0 Å². The van der Waals surface area contributed by atoms with Gasteiger partial charge in [0.15, 0.2) is 0 Å². The van der Waals surface area contributed by atoms with Crippen LogP contribution in [0, 0.1) is 18.8 Å². The van der Waals surface area contributed by atoms with Crippen LogP contribution in [-0.4, -0.2) is 24.2 Å². The minimum absolute atomic E-state index is 0.133. The highest BCUT2D eigenvalue weighted by Gasteiger charge is 2.09. The van der Waals surface area contributed by atoms with Gasteiger partial charge < -0.3 is 14.8 Å². The van der Waals surface area contributed by atoms with Crippen LogP contribution in [0.5, 0.6) is 0 Å². The van der Waals surface area contributed by atoms with E-state index in [1.165, 1.54) is 0 Å². The first kappa shape index (κ1) is 14.9. The van der Waals surface area contributed by atoms with Crippen molar-refractivity contribution < 1.29 is 14.3 Å². The van der Waals surface area contributed by atoms with Gasteiger partial charge in [-0.25, -0.2) is 0 Å². The molecule has 0 bridgehead atoms. The second-order valence-corrected chi connectivity index (χ2v) is 4.57. The standard InChI is InChI=1S/C17H17NO3/c1-13-6-7-14(4-2-10-19)12-16(13)17(20)18-9-8-15-5-3-11-21-15/h3,5-7,11-12,19H,8-10H2,1H3,(H,18,20). The van der Waals surface area contributed by atoms with Crippen LogP contribution in [0.4, 0.5) is 0 Å². The third-order valence-electron chi connectivity index (χ3n) is 3.03. The first-order chi connectivity index (χ1) is 10.2. The van der Waals surface area contributed by atoms with E-state index in [0.717, 1.165) is 11.3 Å². The molecule has 0 radical (unpaired) electrons. The summed E-state index contributed by atoms with van der Waals surface area (Å²) in [6, 6.07) is 9.12. The number of amides is 1. The zero-order valence-corrected chi connectivity index (χ0v) is 11.8. The molecular formula is C17H17NO3. The van der Waals surface area contributed by atoms with Crippen LogP contribution in [0.25, 0.3) is 0 Å². The van der Waals surface area contributed by atoms with Crippen molar-refractivity contribution in [3.63, 3.8) is 0 Å². The number of aliphatic hydroxyl groups is 1. The first-order valence-electron chi connectivity index (χ1n) is 6.71. The molecular weight excluding hydrogens is 266 g/mol. The predicted molar refractivity (Wildman–Crippen MR) is 79.9 cm³/mol. The third kappa shape index (κ3) is 4.23. The molecule has 0 spiro atoms. The summed E-state index contributed by atoms with van der Waals surface area (Å²) in [6.07, 6.45) is 2.27. The monoisotopic (exact) mass is 283 g/mol. The predicted octanol–water partition coefficient (Wildman–Crippen LogP) is 1.90. The zero-order valence-electron chi connectivity index (χ0n) is 11.8. The Morgan fingerprint density at radius 3 is 2.95 bits per heavy atom. The number of aliphatic hydroxyl groups excluding tert-OH is 1. The summed E-state index contributed by atoms with van der Waals surface area (Å²) in [7, 11) is 0. The minimum Gasteiger partial charge on any atom is -0.469 e. The summed E-state index contributed by atoms with van der Waals surface area (Å²) in [5.74, 6) is 6.08. The van der Waals surface area contributed by atoms with E-state index in [1.54, 1.807) is 12.3 Å². The van der Waals surface area contributed by atoms with E-state index in [1.807, 2.05) is 31.2 Å². The first-order valence-corrected chi connectivity index (χ1v) is 6.71. The summed E-state index contributed by atoms with van der Waals surface area (Å²) >= 11 is 0. The fraction of sp³-hybridized carbons (Fsp3) is 0.235. The smallest absolute Gasteiger partial charge is 0.251 e. The molecule has 0 unspecified atom stereocenters. The maximum atomic E-state index is 12.2. The number of nitrogens with one attached hydrogen (secondary N) is 1. The number of hydrogen-bond donors (Lipinski definition) is 2. The highest BCUT2D eigenvalue weighted by atomic mass is 16.3. The van der Waals surface area contributed by atoms with E-state index in [4.69, 9.17) is 9.52 Å². The molecule has 0 saturated carbocycles. The molecule has 2 aromatic rings. The Kier molecular flexibility index (Phi) is 5.19. The van der Waals surface area contributed by atoms with Gasteiger partial charge in [-0.3, -0.25) is 4.79 Å². The molecule has 1 aromatic carbocycles. The lowest BCUT2D eigenvalue weighted by atomic mass is 10.0. The summed E-state index contributed by atoms with van der Waals surface area (Å²) in [5, 5.41) is 11.6. The number of rotatable bonds is 4. The van der Waals surface area contributed by atoms with Gasteiger partial charge >= 0.3 is 0 Å². The van der Waals surface area contributed by atoms with Gasteiger partial charge in [-0.1, -0.05) is 17.9 Å². The van der Waals surface area contributed by atoms with Crippen molar-refractivity contribution in [2.75, 3.05) is 13.2 Å². The maximum Gasteiger partial charge on any atom is 0.251 e. The molecule has 4 nitrogen and oxygen atoms in total. The van der Waals surface area contributed by atoms with Gasteiger partial charge in [0.05, 0.1) is 6.26 Å². The molecule has 0 saturated heterocycles. The molecule has 0 fully saturated rings. The number of aryl methyl sites for hydroxylation is 1. The Bertz CT molecular complexity index is 663. The minimum atomic E-state index is -0.196. The molecule has 0 atom stereocenters. The summed E-state index contributed by atoms with van der Waals surface area (Å²) in [5.41, 5.74) is 2.20. The summed E-state index contributed by atoms with van der Waals surface area (Å²) < 4.78 is 5.21. The van der Waals surface area contributed by atoms with Crippen molar-refractivity contribution in [2.24, 2.45) is 0 Å². The number of carbonyl (C=O) groups excluding carboxylic acids is 1. The number of benzene rings is 1. The van der Waals surface area contributed by atoms with Crippen molar-refractivity contribution in [2.45, 2.75) is 13.3 Å². The molecule has 1 aromatic heterocycles. The molecule has 0 aliphatic carbocycles. The molecule has 0 aliphatic rings. The van der Waals surface area contributed by atoms with E-state index >= 15 is 0 Å². The molecule has 108 valence electrons. The lowest BCUT2D eigenvalue weighted by Gasteiger charge is -2.07. The van der Waals surface area contributed by atoms with Gasteiger partial charge in [-0.2, -0.15) is 0 Å². The van der Waals surface area contributed by atoms with Crippen molar-refractivity contribution in [3.8, 4) is 11.8 Å². The van der Waals surface area contributed by atoms with Crippen LogP contribution in [0.2, 0.25) is 0 Å². The number of carbonyl (C=O) groups is 1. The largest absolute Gasteiger partial charge is 0.469 e. The third-order valence-corrected chi connectivity index (χ3v) is 3.03. The quantitative estimate of drug-likeness (QED) is 0.842. The maximum absolute atomic E-state index is 12.2. The second-order valence-electron chi connectivity index (χ2n) is 4.57. The summed E-state index contributed by atoms with van der Waals surface area (Å²) in [6.45, 7) is 2.20. The van der Waals surface area contributed by atoms with Gasteiger partial charge in [0, 0.05) is 24.1 Å². The molecule has 4 heteroatoms. The van der Waals surface area contributed by atoms with E-state index in [-0.39, 0.29) is 12.5 Å². The van der Waals surface area contributed by atoms with E-state index in [0.29, 0.717) is 24.1 Å². The van der Waals surface area contributed by atoms with E-state index in [2.05, 4.69) is 17.2 Å². The summed E-state index contributed by atoms with van der Waals surface area (Å²) in [4.78, 5) is 12.2. The van der Waals surface area contributed by atoms with Gasteiger partial charge in [0.25, 0.3) is 5.91 Å². The Labute approximate surface area is 123 Å². The van der Waals surface area contributed by atoms with Crippen LogP contribution in [0.1, 0.15) is 27.2 Å². The fourth-order valence-corrected chi connectivity index (χ4v) is 1.94. The second kappa shape index (κ2) is 7.32. The SMILES string of the molecule is Cc1ccc(C#CCO)cc1C(=O)NCCc1ccco1. The molecule has 21 heavy (non-hydrogen) atoms. The van der Waals surface area contributed by atoms with Crippen LogP contribution < -0.4 is 5.32 Å². The van der Waals surface area contributed by atoms with E-state index in [9.17, 15) is 4.79 Å². The zero-order chi connectivity index (χ0) is 15.1. The number of furan rings is 1. The van der Waals surface area contributed by atoms with Crippen LogP contribution in [0.15, 0.2) is 41.0 Å². The van der Waals surface area contributed by atoms with Crippen molar-refractivity contribution in [1.82, 2.24) is 5.32 Å². The van der Waals surface area contributed by atoms with Crippen LogP contribution in [-0.2, 0) is 6.42 Å². The topological polar surface area (TPSA) is 62.5 Å². The average Bonchev–Trinajstić information content (AvgIpc) is 2.99. The Morgan fingerprint density at radius 1 is 1.38 bits per heavy atom. The lowest BCUT2D eigenvalue weighted by molar-refractivity contribution is 0.0953. The molecule has 0 aliphatic heterocycles. The molecule has 1 heterocycles. The normalized spacial score (nSPS) is 9.81. The Morgan fingerprint density at radius 2 is 2.24 bits per heavy atom. The van der Waals surface area contributed by atoms with Crippen molar-refractivity contribution in [3.05, 3.63) is 59.0 Å². The number of hydrogen-bond acceptors (Lipinski definition) is 3. The van der Waals surface area contributed by atoms with Crippen molar-refractivity contribution >= 4 is 5.91 Å². The average molecular weight is 283 g/mol. The van der Waals surface area contributed by atoms with Gasteiger partial charge in [0.1, 0.15) is 12.4 Å². The lowest BCUT2D eigenvalue weighted by Crippen LogP contribution is -2.26. The molecule has 1 amide bonds. The highest BCUT2D eigenvalue weighted by Crippen LogP contribution is 2.11. The molecule has 2 rings (SSSR count). The molecule has 2 N–H and O–H groups in total. The van der Waals surface area contributed by atoms with Crippen LogP contribution >= 0.6 is 0 Å². The fourth-order valence-electron chi connectivity index (χ4n) is 1.94. The van der Waals surface area contributed by atoms with Crippen molar-refractivity contribution in [1.29, 1.82) is 0 Å². The Hall–Kier alpha value is -2.51. The van der Waals surface area contributed by atoms with E-state index < -0.39 is 0 Å². The highest BCUT2D eigenvalue weighted by molar-refractivity contribution is 5.96.